The van der Waals surface area contributed by atoms with Gasteiger partial charge in [-0.15, -0.1) is 0 Å². The first-order valence-corrected chi connectivity index (χ1v) is 13.8. The molecule has 2 aliphatic carbocycles. The van der Waals surface area contributed by atoms with Crippen molar-refractivity contribution >= 4 is 17.7 Å². The standard InChI is InChI=1S/C28H40N4O4/c1-17(29-2)26(33)31-24-16-21(36-20-13-14-20)12-10-19-11-15-25(32(19)28(24)35)27(34)30-23-9-5-7-18-6-3-4-8-22(18)23/h3-4,6,8,17,19-21,23-25,29H,5,7,9-16H2,1-2H3,(H,30,34)(H,31,33)/t17-,19-,21+,23+,24-,25-/m0/s1. The molecule has 0 aromatic heterocycles. The highest BCUT2D eigenvalue weighted by atomic mass is 16.5. The van der Waals surface area contributed by atoms with E-state index in [1.807, 2.05) is 12.1 Å². The van der Waals surface area contributed by atoms with Crippen LogP contribution in [0.1, 0.15) is 81.9 Å². The largest absolute Gasteiger partial charge is 0.375 e. The van der Waals surface area contributed by atoms with Crippen molar-refractivity contribution in [1.82, 2.24) is 20.9 Å². The minimum atomic E-state index is -0.691. The van der Waals surface area contributed by atoms with Crippen LogP contribution in [0.5, 0.6) is 0 Å². The maximum Gasteiger partial charge on any atom is 0.246 e. The number of carbonyl (C=O) groups is 3. The minimum absolute atomic E-state index is 0.00128. The van der Waals surface area contributed by atoms with Gasteiger partial charge in [0.2, 0.25) is 17.7 Å². The van der Waals surface area contributed by atoms with Gasteiger partial charge in [0.25, 0.3) is 0 Å². The second-order valence-electron chi connectivity index (χ2n) is 11.0. The number of amides is 3. The molecule has 196 valence electrons. The number of hydrogen-bond acceptors (Lipinski definition) is 5. The monoisotopic (exact) mass is 496 g/mol. The molecule has 8 nitrogen and oxygen atoms in total. The van der Waals surface area contributed by atoms with E-state index in [-0.39, 0.29) is 42.0 Å². The molecule has 1 aromatic rings. The molecule has 4 aliphatic rings. The molecule has 1 saturated carbocycles. The topological polar surface area (TPSA) is 99.8 Å². The zero-order chi connectivity index (χ0) is 25.2. The van der Waals surface area contributed by atoms with Gasteiger partial charge < -0.3 is 25.6 Å². The van der Waals surface area contributed by atoms with Crippen LogP contribution >= 0.6 is 0 Å². The molecule has 3 fully saturated rings. The SMILES string of the molecule is CN[C@@H](C)C(=O)N[C@H]1C[C@H](OC2CC2)CC[C@H]2CC[C@@H](C(=O)N[C@@H]3CCCc4ccccc43)N2C1=O. The summed E-state index contributed by atoms with van der Waals surface area (Å²) in [5, 5.41) is 9.20. The van der Waals surface area contributed by atoms with E-state index in [0.29, 0.717) is 12.8 Å². The van der Waals surface area contributed by atoms with Gasteiger partial charge in [-0.2, -0.15) is 0 Å². The maximum atomic E-state index is 13.9. The van der Waals surface area contributed by atoms with Crippen molar-refractivity contribution in [2.75, 3.05) is 7.05 Å². The molecule has 2 heterocycles. The number of rotatable bonds is 7. The molecule has 2 saturated heterocycles. The lowest BCUT2D eigenvalue weighted by Gasteiger charge is -2.38. The average Bonchev–Trinajstić information content (AvgIpc) is 3.60. The van der Waals surface area contributed by atoms with E-state index in [0.717, 1.165) is 51.4 Å². The van der Waals surface area contributed by atoms with E-state index in [9.17, 15) is 14.4 Å². The lowest BCUT2D eigenvalue weighted by Crippen LogP contribution is -2.59. The Labute approximate surface area is 213 Å². The fraction of sp³-hybridized carbons (Fsp3) is 0.679. The Hall–Kier alpha value is -2.45. The fourth-order valence-corrected chi connectivity index (χ4v) is 6.12. The number of aryl methyl sites for hydroxylation is 1. The minimum Gasteiger partial charge on any atom is -0.375 e. The molecule has 0 spiro atoms. The maximum absolute atomic E-state index is 13.9. The van der Waals surface area contributed by atoms with Gasteiger partial charge in [0, 0.05) is 12.5 Å². The summed E-state index contributed by atoms with van der Waals surface area (Å²) in [6, 6.07) is 6.69. The fourth-order valence-electron chi connectivity index (χ4n) is 6.12. The lowest BCUT2D eigenvalue weighted by molar-refractivity contribution is -0.146. The number of ether oxygens (including phenoxy) is 1. The van der Waals surface area contributed by atoms with Gasteiger partial charge in [-0.1, -0.05) is 24.3 Å². The summed E-state index contributed by atoms with van der Waals surface area (Å²) in [6.45, 7) is 1.78. The Morgan fingerprint density at radius 3 is 2.50 bits per heavy atom. The summed E-state index contributed by atoms with van der Waals surface area (Å²) in [5.74, 6) is -0.438. The smallest absolute Gasteiger partial charge is 0.246 e. The van der Waals surface area contributed by atoms with Crippen LogP contribution in [0.15, 0.2) is 24.3 Å². The van der Waals surface area contributed by atoms with Gasteiger partial charge in [0.15, 0.2) is 0 Å². The van der Waals surface area contributed by atoms with E-state index in [1.54, 1.807) is 18.9 Å². The van der Waals surface area contributed by atoms with E-state index in [2.05, 4.69) is 28.1 Å². The second kappa shape index (κ2) is 10.9. The van der Waals surface area contributed by atoms with E-state index < -0.39 is 18.1 Å². The quantitative estimate of drug-likeness (QED) is 0.538. The molecule has 3 N–H and O–H groups in total. The zero-order valence-electron chi connectivity index (χ0n) is 21.5. The van der Waals surface area contributed by atoms with E-state index in [1.165, 1.54) is 11.1 Å². The van der Waals surface area contributed by atoms with Crippen molar-refractivity contribution < 1.29 is 19.1 Å². The number of benzene rings is 1. The van der Waals surface area contributed by atoms with Gasteiger partial charge in [0.05, 0.1) is 24.3 Å². The van der Waals surface area contributed by atoms with Gasteiger partial charge in [-0.3, -0.25) is 14.4 Å². The highest BCUT2D eigenvalue weighted by molar-refractivity contribution is 5.94. The Bertz CT molecular complexity index is 980. The van der Waals surface area contributed by atoms with Crippen LogP contribution in [0.2, 0.25) is 0 Å². The summed E-state index contributed by atoms with van der Waals surface area (Å²) in [5.41, 5.74) is 2.49. The molecule has 3 amide bonds. The first-order chi connectivity index (χ1) is 17.4. The number of nitrogens with one attached hydrogen (secondary N) is 3. The third kappa shape index (κ3) is 5.44. The summed E-state index contributed by atoms with van der Waals surface area (Å²) < 4.78 is 6.22. The molecule has 0 radical (unpaired) electrons. The zero-order valence-corrected chi connectivity index (χ0v) is 21.5. The van der Waals surface area contributed by atoms with Crippen molar-refractivity contribution in [2.24, 2.45) is 0 Å². The van der Waals surface area contributed by atoms with Crippen molar-refractivity contribution in [2.45, 2.75) is 114 Å². The van der Waals surface area contributed by atoms with Crippen LogP contribution in [0.4, 0.5) is 0 Å². The lowest BCUT2D eigenvalue weighted by atomic mass is 9.87. The highest BCUT2D eigenvalue weighted by Gasteiger charge is 2.46. The third-order valence-corrected chi connectivity index (χ3v) is 8.42. The molecule has 2 aliphatic heterocycles. The molecule has 0 bridgehead atoms. The van der Waals surface area contributed by atoms with Gasteiger partial charge in [-0.25, -0.2) is 0 Å². The number of carbonyl (C=O) groups excluding carboxylic acids is 3. The molecular weight excluding hydrogens is 456 g/mol. The summed E-state index contributed by atoms with van der Waals surface area (Å²) in [7, 11) is 1.73. The molecule has 36 heavy (non-hydrogen) atoms. The number of fused-ring (bicyclic) bond motifs is 2. The molecule has 8 heteroatoms. The first kappa shape index (κ1) is 25.2. The Balaban J connectivity index is 1.33. The molecular formula is C28H40N4O4. The van der Waals surface area contributed by atoms with Crippen LogP contribution in [0, 0.1) is 0 Å². The first-order valence-electron chi connectivity index (χ1n) is 13.8. The van der Waals surface area contributed by atoms with Crippen molar-refractivity contribution in [1.29, 1.82) is 0 Å². The molecule has 0 unspecified atom stereocenters. The number of hydrogen-bond donors (Lipinski definition) is 3. The Morgan fingerprint density at radius 1 is 0.972 bits per heavy atom. The Kier molecular flexibility index (Phi) is 7.62. The summed E-state index contributed by atoms with van der Waals surface area (Å²) >= 11 is 0. The third-order valence-electron chi connectivity index (χ3n) is 8.42. The van der Waals surface area contributed by atoms with Crippen LogP contribution in [0.3, 0.4) is 0 Å². The van der Waals surface area contributed by atoms with Crippen molar-refractivity contribution in [3.05, 3.63) is 35.4 Å². The van der Waals surface area contributed by atoms with Crippen LogP contribution in [0.25, 0.3) is 0 Å². The van der Waals surface area contributed by atoms with Crippen LogP contribution < -0.4 is 16.0 Å². The Morgan fingerprint density at radius 2 is 1.72 bits per heavy atom. The average molecular weight is 497 g/mol. The molecule has 6 atom stereocenters. The van der Waals surface area contributed by atoms with Crippen LogP contribution in [-0.4, -0.2) is 66.0 Å². The van der Waals surface area contributed by atoms with Gasteiger partial charge in [0.1, 0.15) is 12.1 Å². The molecule has 5 rings (SSSR count). The predicted molar refractivity (Wildman–Crippen MR) is 136 cm³/mol. The number of likely N-dealkylation sites (N-methyl/N-ethyl adjacent to an activating group) is 1. The highest BCUT2D eigenvalue weighted by Crippen LogP contribution is 2.36. The number of nitrogens with zero attached hydrogens (tertiary/aromatic N) is 1. The predicted octanol–water partition coefficient (Wildman–Crippen LogP) is 2.36. The van der Waals surface area contributed by atoms with Crippen molar-refractivity contribution in [3.63, 3.8) is 0 Å². The summed E-state index contributed by atoms with van der Waals surface area (Å²) in [4.78, 5) is 42.1. The van der Waals surface area contributed by atoms with E-state index in [4.69, 9.17) is 4.74 Å². The second-order valence-corrected chi connectivity index (χ2v) is 11.0. The van der Waals surface area contributed by atoms with E-state index >= 15 is 0 Å². The normalized spacial score (nSPS) is 31.0. The van der Waals surface area contributed by atoms with Crippen molar-refractivity contribution in [3.8, 4) is 0 Å². The summed E-state index contributed by atoms with van der Waals surface area (Å²) in [6.07, 6.45) is 8.93. The van der Waals surface area contributed by atoms with Gasteiger partial charge >= 0.3 is 0 Å². The van der Waals surface area contributed by atoms with Gasteiger partial charge in [-0.05, 0) is 82.9 Å². The molecule has 1 aromatic carbocycles. The van der Waals surface area contributed by atoms with Crippen LogP contribution in [-0.2, 0) is 25.5 Å².